The van der Waals surface area contributed by atoms with E-state index in [0.717, 1.165) is 61.9 Å². The fourth-order valence-corrected chi connectivity index (χ4v) is 5.38. The van der Waals surface area contributed by atoms with Gasteiger partial charge in [0.05, 0.1) is 5.57 Å². The highest BCUT2D eigenvalue weighted by molar-refractivity contribution is 6.37. The van der Waals surface area contributed by atoms with E-state index >= 15 is 0 Å². The Bertz CT molecular complexity index is 1080. The molecular weight excluding hydrogens is 384 g/mol. The molecule has 1 saturated carbocycles. The first-order valence-corrected chi connectivity index (χ1v) is 11.6. The van der Waals surface area contributed by atoms with Gasteiger partial charge < -0.3 is 4.90 Å². The number of fused-ring (bicyclic) bond motifs is 1. The van der Waals surface area contributed by atoms with Crippen LogP contribution in [0.2, 0.25) is 0 Å². The van der Waals surface area contributed by atoms with Gasteiger partial charge in [-0.3, -0.25) is 14.5 Å². The molecule has 0 saturated heterocycles. The van der Waals surface area contributed by atoms with E-state index in [2.05, 4.69) is 49.1 Å². The first-order chi connectivity index (χ1) is 15.1. The van der Waals surface area contributed by atoms with Crippen LogP contribution in [-0.4, -0.2) is 29.3 Å². The lowest BCUT2D eigenvalue weighted by Crippen LogP contribution is -2.44. The van der Waals surface area contributed by atoms with Gasteiger partial charge in [-0.15, -0.1) is 0 Å². The minimum atomic E-state index is -0.113. The van der Waals surface area contributed by atoms with Crippen molar-refractivity contribution < 1.29 is 9.59 Å². The number of nitrogens with zero attached hydrogens (tertiary/aromatic N) is 2. The number of para-hydroxylation sites is 1. The Labute approximate surface area is 184 Å². The zero-order valence-corrected chi connectivity index (χ0v) is 18.5. The highest BCUT2D eigenvalue weighted by Crippen LogP contribution is 2.40. The number of carbonyl (C=O) groups is 2. The second-order valence-electron chi connectivity index (χ2n) is 9.18. The summed E-state index contributed by atoms with van der Waals surface area (Å²) >= 11 is 0. The maximum Gasteiger partial charge on any atom is 0.278 e. The summed E-state index contributed by atoms with van der Waals surface area (Å²) in [6.07, 6.45) is 7.18. The van der Waals surface area contributed by atoms with Crippen LogP contribution in [0, 0.1) is 13.8 Å². The molecule has 31 heavy (non-hydrogen) atoms. The Hall–Kier alpha value is -2.88. The third-order valence-corrected chi connectivity index (χ3v) is 7.21. The van der Waals surface area contributed by atoms with Crippen molar-refractivity contribution in [1.82, 2.24) is 4.90 Å². The summed E-state index contributed by atoms with van der Waals surface area (Å²) < 4.78 is 0. The Morgan fingerprint density at radius 3 is 2.39 bits per heavy atom. The molecule has 5 rings (SSSR count). The van der Waals surface area contributed by atoms with E-state index in [4.69, 9.17) is 0 Å². The average Bonchev–Trinajstić information content (AvgIpc) is 3.05. The van der Waals surface area contributed by atoms with Gasteiger partial charge in [-0.2, -0.15) is 0 Å². The van der Waals surface area contributed by atoms with Crippen molar-refractivity contribution in [2.24, 2.45) is 0 Å². The van der Waals surface area contributed by atoms with Crippen molar-refractivity contribution in [3.63, 3.8) is 0 Å². The summed E-state index contributed by atoms with van der Waals surface area (Å²) in [7, 11) is 0. The molecule has 4 heteroatoms. The van der Waals surface area contributed by atoms with Gasteiger partial charge in [-0.05, 0) is 67.9 Å². The van der Waals surface area contributed by atoms with Gasteiger partial charge in [0, 0.05) is 18.3 Å². The van der Waals surface area contributed by atoms with Crippen LogP contribution < -0.4 is 4.90 Å². The number of hydrogen-bond donors (Lipinski definition) is 0. The van der Waals surface area contributed by atoms with Gasteiger partial charge in [-0.1, -0.05) is 55.7 Å². The van der Waals surface area contributed by atoms with E-state index in [-0.39, 0.29) is 17.9 Å². The molecule has 2 aliphatic heterocycles. The summed E-state index contributed by atoms with van der Waals surface area (Å²) in [6.45, 7) is 4.90. The highest BCUT2D eigenvalue weighted by atomic mass is 16.2. The normalized spacial score (nSPS) is 19.9. The third-order valence-electron chi connectivity index (χ3n) is 7.21. The van der Waals surface area contributed by atoms with Crippen LogP contribution in [0.25, 0.3) is 5.57 Å². The lowest BCUT2D eigenvalue weighted by molar-refractivity contribution is -0.140. The monoisotopic (exact) mass is 414 g/mol. The number of carbonyl (C=O) groups excluding carboxylic acids is 2. The van der Waals surface area contributed by atoms with Crippen molar-refractivity contribution in [2.75, 3.05) is 11.4 Å². The van der Waals surface area contributed by atoms with Gasteiger partial charge in [0.1, 0.15) is 5.70 Å². The van der Waals surface area contributed by atoms with Crippen LogP contribution >= 0.6 is 0 Å². The standard InChI is InChI=1S/C27H30N2O2/c1-18-14-15-21(17-19(18)2)24-25(28-16-8-10-20-9-6-7-13-23(20)28)27(31)29(26(24)30)22-11-4-3-5-12-22/h6-7,9,13-15,17,22H,3-5,8,10-12,16H2,1-2H3. The van der Waals surface area contributed by atoms with Gasteiger partial charge in [0.25, 0.3) is 11.8 Å². The van der Waals surface area contributed by atoms with Crippen molar-refractivity contribution in [2.45, 2.75) is 64.8 Å². The van der Waals surface area contributed by atoms with Gasteiger partial charge >= 0.3 is 0 Å². The van der Waals surface area contributed by atoms with E-state index in [0.29, 0.717) is 11.3 Å². The predicted molar refractivity (Wildman–Crippen MR) is 124 cm³/mol. The number of hydrogen-bond acceptors (Lipinski definition) is 3. The fraction of sp³-hybridized carbons (Fsp3) is 0.407. The smallest absolute Gasteiger partial charge is 0.278 e. The Balaban J connectivity index is 1.66. The number of amides is 2. The van der Waals surface area contributed by atoms with E-state index < -0.39 is 0 Å². The van der Waals surface area contributed by atoms with Crippen molar-refractivity contribution in [1.29, 1.82) is 0 Å². The highest BCUT2D eigenvalue weighted by Gasteiger charge is 2.45. The largest absolute Gasteiger partial charge is 0.336 e. The molecule has 0 aromatic heterocycles. The number of rotatable bonds is 3. The molecule has 2 heterocycles. The maximum atomic E-state index is 13.9. The van der Waals surface area contributed by atoms with E-state index in [1.807, 2.05) is 12.1 Å². The molecule has 1 fully saturated rings. The molecule has 2 aromatic rings. The summed E-state index contributed by atoms with van der Waals surface area (Å²) in [5.41, 5.74) is 6.66. The SMILES string of the molecule is Cc1ccc(C2=C(N3CCCc4ccccc43)C(=O)N(C3CCCCC3)C2=O)cc1C. The molecule has 4 nitrogen and oxygen atoms in total. The first kappa shape index (κ1) is 20.0. The second kappa shape index (κ2) is 7.99. The quantitative estimate of drug-likeness (QED) is 0.651. The molecule has 0 bridgehead atoms. The molecule has 2 amide bonds. The molecule has 2 aromatic carbocycles. The fourth-order valence-electron chi connectivity index (χ4n) is 5.38. The molecule has 0 radical (unpaired) electrons. The van der Waals surface area contributed by atoms with Crippen LogP contribution in [-0.2, 0) is 16.0 Å². The molecule has 3 aliphatic rings. The molecule has 0 unspecified atom stereocenters. The topological polar surface area (TPSA) is 40.6 Å². The summed E-state index contributed by atoms with van der Waals surface area (Å²) in [6, 6.07) is 14.4. The van der Waals surface area contributed by atoms with Crippen LogP contribution in [0.4, 0.5) is 5.69 Å². The first-order valence-electron chi connectivity index (χ1n) is 11.6. The molecule has 1 aliphatic carbocycles. The number of benzene rings is 2. The van der Waals surface area contributed by atoms with Crippen LogP contribution in [0.15, 0.2) is 48.2 Å². The van der Waals surface area contributed by atoms with Crippen molar-refractivity contribution in [3.8, 4) is 0 Å². The molecule has 0 atom stereocenters. The zero-order chi connectivity index (χ0) is 21.5. The van der Waals surface area contributed by atoms with Crippen LogP contribution in [0.5, 0.6) is 0 Å². The van der Waals surface area contributed by atoms with Crippen LogP contribution in [0.3, 0.4) is 0 Å². The summed E-state index contributed by atoms with van der Waals surface area (Å²) in [5, 5.41) is 0. The number of anilines is 1. The lowest BCUT2D eigenvalue weighted by Gasteiger charge is -2.33. The predicted octanol–water partition coefficient (Wildman–Crippen LogP) is 5.17. The summed E-state index contributed by atoms with van der Waals surface area (Å²) in [4.78, 5) is 31.4. The number of imide groups is 1. The maximum absolute atomic E-state index is 13.9. The minimum absolute atomic E-state index is 0.0211. The van der Waals surface area contributed by atoms with E-state index in [1.54, 1.807) is 4.90 Å². The molecular formula is C27H30N2O2. The number of aryl methyl sites for hydroxylation is 3. The van der Waals surface area contributed by atoms with Crippen molar-refractivity contribution in [3.05, 3.63) is 70.4 Å². The van der Waals surface area contributed by atoms with Gasteiger partial charge in [0.15, 0.2) is 0 Å². The summed E-state index contributed by atoms with van der Waals surface area (Å²) in [5.74, 6) is -0.222. The Morgan fingerprint density at radius 1 is 0.839 bits per heavy atom. The van der Waals surface area contributed by atoms with Gasteiger partial charge in [0.2, 0.25) is 0 Å². The van der Waals surface area contributed by atoms with E-state index in [9.17, 15) is 9.59 Å². The van der Waals surface area contributed by atoms with Gasteiger partial charge in [-0.25, -0.2) is 0 Å². The zero-order valence-electron chi connectivity index (χ0n) is 18.5. The average molecular weight is 415 g/mol. The van der Waals surface area contributed by atoms with Crippen LogP contribution in [0.1, 0.15) is 60.8 Å². The Kier molecular flexibility index (Phi) is 5.17. The molecule has 160 valence electrons. The molecule has 0 N–H and O–H groups in total. The second-order valence-corrected chi connectivity index (χ2v) is 9.18. The lowest BCUT2D eigenvalue weighted by atomic mass is 9.94. The van der Waals surface area contributed by atoms with E-state index in [1.165, 1.54) is 17.5 Å². The van der Waals surface area contributed by atoms with Crippen molar-refractivity contribution >= 4 is 23.1 Å². The minimum Gasteiger partial charge on any atom is -0.336 e. The third kappa shape index (κ3) is 3.38. The molecule has 0 spiro atoms. The Morgan fingerprint density at radius 2 is 1.61 bits per heavy atom.